The van der Waals surface area contributed by atoms with Crippen LogP contribution in [0.5, 0.6) is 0 Å². The van der Waals surface area contributed by atoms with E-state index in [0.717, 1.165) is 14.9 Å². The molecule has 30 heavy (non-hydrogen) atoms. The van der Waals surface area contributed by atoms with Gasteiger partial charge in [-0.2, -0.15) is 4.98 Å². The van der Waals surface area contributed by atoms with Crippen molar-refractivity contribution in [3.63, 3.8) is 0 Å². The number of aliphatic hydroxyl groups is 1. The lowest BCUT2D eigenvalue weighted by Crippen LogP contribution is -2.42. The minimum atomic E-state index is -4.46. The third kappa shape index (κ3) is 3.95. The molecule has 164 valence electrons. The summed E-state index contributed by atoms with van der Waals surface area (Å²) in [5, 5.41) is 14.4. The van der Waals surface area contributed by atoms with Crippen LogP contribution >= 0.6 is 0 Å². The van der Waals surface area contributed by atoms with Crippen molar-refractivity contribution in [1.82, 2.24) is 18.8 Å². The lowest BCUT2D eigenvalue weighted by atomic mass is 9.99. The Kier molecular flexibility index (Phi) is 3.22. The first-order valence-electron chi connectivity index (χ1n) is 14.2. The molecule has 4 rings (SSSR count). The van der Waals surface area contributed by atoms with Gasteiger partial charge >= 0.3 is 0 Å². The molecule has 2 aromatic rings. The summed E-state index contributed by atoms with van der Waals surface area (Å²) in [5.41, 5.74) is -3.87. The number of sulfonamides is 1. The van der Waals surface area contributed by atoms with Crippen molar-refractivity contribution >= 4 is 27.0 Å². The fourth-order valence-corrected chi connectivity index (χ4v) is 4.91. The summed E-state index contributed by atoms with van der Waals surface area (Å²) < 4.78 is 95.2. The van der Waals surface area contributed by atoms with Gasteiger partial charge in [-0.25, -0.2) is 17.7 Å². The standard InChI is InChI=1S/C20H29N5O4S/c1-13-11-14-12-21-19(22-15-6-9-24(10-7-15)30(3,28)29)23-17(14)25(18(13)26)16-5-4-8-20(16,2)27/h11-12,15-16,27H,4-10H2,1-3H3,(H,21,22,23)/t16-,20-/m1/s1/i1D3,2D3,3D3. The normalized spacial score (nSPS) is 32.0. The van der Waals surface area contributed by atoms with Gasteiger partial charge in [0.15, 0.2) is 0 Å². The maximum Gasteiger partial charge on any atom is 0.255 e. The van der Waals surface area contributed by atoms with Crippen molar-refractivity contribution < 1.29 is 25.9 Å². The maximum absolute atomic E-state index is 13.5. The summed E-state index contributed by atoms with van der Waals surface area (Å²) in [4.78, 5) is 22.1. The zero-order valence-electron chi connectivity index (χ0n) is 25.1. The van der Waals surface area contributed by atoms with Crippen LogP contribution in [-0.2, 0) is 10.0 Å². The van der Waals surface area contributed by atoms with Crippen LogP contribution in [0.4, 0.5) is 5.95 Å². The number of aryl methyl sites for hydroxylation is 1. The predicted octanol–water partition coefficient (Wildman–Crippen LogP) is 1.41. The van der Waals surface area contributed by atoms with Gasteiger partial charge in [0.1, 0.15) is 5.65 Å². The van der Waals surface area contributed by atoms with Crippen molar-refractivity contribution in [3.05, 3.63) is 28.2 Å². The van der Waals surface area contributed by atoms with Crippen LogP contribution in [0.2, 0.25) is 0 Å². The van der Waals surface area contributed by atoms with Gasteiger partial charge < -0.3 is 10.4 Å². The van der Waals surface area contributed by atoms with Crippen molar-refractivity contribution in [2.45, 2.75) is 63.5 Å². The van der Waals surface area contributed by atoms with E-state index in [9.17, 15) is 18.3 Å². The van der Waals surface area contributed by atoms with E-state index in [1.165, 1.54) is 6.20 Å². The van der Waals surface area contributed by atoms with E-state index >= 15 is 0 Å². The molecule has 1 saturated heterocycles. The smallest absolute Gasteiger partial charge is 0.255 e. The Balaban J connectivity index is 1.72. The number of nitrogens with zero attached hydrogens (tertiary/aromatic N) is 4. The molecule has 1 aliphatic heterocycles. The molecule has 2 aromatic heterocycles. The molecule has 0 aromatic carbocycles. The zero-order chi connectivity index (χ0) is 29.2. The predicted molar refractivity (Wildman–Crippen MR) is 115 cm³/mol. The molecule has 2 N–H and O–H groups in total. The Hall–Kier alpha value is -2.04. The molecule has 0 amide bonds. The van der Waals surface area contributed by atoms with Gasteiger partial charge in [0.2, 0.25) is 16.0 Å². The quantitative estimate of drug-likeness (QED) is 0.732. The summed E-state index contributed by atoms with van der Waals surface area (Å²) in [6, 6.07) is -0.483. The van der Waals surface area contributed by atoms with E-state index in [1.54, 1.807) is 0 Å². The van der Waals surface area contributed by atoms with E-state index in [0.29, 0.717) is 6.42 Å². The summed E-state index contributed by atoms with van der Waals surface area (Å²) in [5.74, 6) is 0.0184. The molecular formula is C20H29N5O4S. The summed E-state index contributed by atoms with van der Waals surface area (Å²) >= 11 is 0. The SMILES string of the molecule is [2H]C([2H])([2H])c1cc2cnc(NC3CCN(S(=O)(=O)C([2H])([2H])[2H])CC3)nc2n([C@@H]2CCC[C@]2(O)C([2H])([2H])[2H])c1=O. The Morgan fingerprint density at radius 2 is 2.13 bits per heavy atom. The first-order chi connectivity index (χ1) is 17.8. The van der Waals surface area contributed by atoms with Crippen LogP contribution in [0.15, 0.2) is 17.1 Å². The number of nitrogens with one attached hydrogen (secondary N) is 1. The van der Waals surface area contributed by atoms with Crippen molar-refractivity contribution in [2.24, 2.45) is 0 Å². The molecule has 3 heterocycles. The number of aromatic nitrogens is 3. The monoisotopic (exact) mass is 444 g/mol. The average molecular weight is 445 g/mol. The molecule has 9 nitrogen and oxygen atoms in total. The van der Waals surface area contributed by atoms with Gasteiger partial charge in [-0.15, -0.1) is 0 Å². The summed E-state index contributed by atoms with van der Waals surface area (Å²) in [7, 11) is -4.46. The fraction of sp³-hybridized carbons (Fsp3) is 0.650. The minimum absolute atomic E-state index is 0.0184. The topological polar surface area (TPSA) is 117 Å². The Morgan fingerprint density at radius 3 is 2.83 bits per heavy atom. The van der Waals surface area contributed by atoms with Gasteiger partial charge in [-0.1, -0.05) is 0 Å². The lowest BCUT2D eigenvalue weighted by molar-refractivity contribution is 0.0266. The highest BCUT2D eigenvalue weighted by molar-refractivity contribution is 7.88. The number of anilines is 1. The van der Waals surface area contributed by atoms with Crippen LogP contribution in [0, 0.1) is 6.85 Å². The largest absolute Gasteiger partial charge is 0.388 e. The molecule has 10 heteroatoms. The highest BCUT2D eigenvalue weighted by atomic mass is 32.2. The second-order valence-electron chi connectivity index (χ2n) is 7.86. The zero-order valence-corrected chi connectivity index (χ0v) is 16.9. The molecule has 1 saturated carbocycles. The van der Waals surface area contributed by atoms with Gasteiger partial charge in [0.25, 0.3) is 5.56 Å². The fourth-order valence-electron chi connectivity index (χ4n) is 4.21. The molecule has 0 bridgehead atoms. The second kappa shape index (κ2) is 7.58. The molecule has 2 fully saturated rings. The number of fused-ring (bicyclic) bond motifs is 1. The van der Waals surface area contributed by atoms with Gasteiger partial charge in [0, 0.05) is 48.6 Å². The van der Waals surface area contributed by atoms with E-state index in [-0.39, 0.29) is 61.8 Å². The summed E-state index contributed by atoms with van der Waals surface area (Å²) in [6.07, 6.45) is -1.12. The number of hydrogen-bond donors (Lipinski definition) is 2. The Morgan fingerprint density at radius 1 is 1.33 bits per heavy atom. The number of piperidine rings is 1. The van der Waals surface area contributed by atoms with Crippen molar-refractivity contribution in [1.29, 1.82) is 0 Å². The molecule has 2 atom stereocenters. The van der Waals surface area contributed by atoms with Gasteiger partial charge in [0.05, 0.1) is 17.8 Å². The number of hydrogen-bond acceptors (Lipinski definition) is 7. The maximum atomic E-state index is 13.5. The first-order valence-corrected chi connectivity index (χ1v) is 11.1. The Bertz CT molecular complexity index is 1420. The third-order valence-electron chi connectivity index (χ3n) is 5.80. The van der Waals surface area contributed by atoms with Gasteiger partial charge in [-0.3, -0.25) is 9.36 Å². The third-order valence-corrected chi connectivity index (χ3v) is 6.84. The van der Waals surface area contributed by atoms with E-state index in [1.807, 2.05) is 0 Å². The molecule has 0 spiro atoms. The van der Waals surface area contributed by atoms with E-state index < -0.39 is 52.7 Å². The number of pyridine rings is 1. The van der Waals surface area contributed by atoms with Crippen molar-refractivity contribution in [2.75, 3.05) is 24.6 Å². The van der Waals surface area contributed by atoms with Crippen LogP contribution < -0.4 is 10.9 Å². The molecule has 2 aliphatic rings. The van der Waals surface area contributed by atoms with Crippen LogP contribution in [-0.4, -0.2) is 63.3 Å². The lowest BCUT2D eigenvalue weighted by Gasteiger charge is -2.31. The van der Waals surface area contributed by atoms with Crippen molar-refractivity contribution in [3.8, 4) is 0 Å². The molecular weight excluding hydrogens is 406 g/mol. The van der Waals surface area contributed by atoms with Crippen LogP contribution in [0.1, 0.15) is 62.9 Å². The minimum Gasteiger partial charge on any atom is -0.388 e. The summed E-state index contributed by atoms with van der Waals surface area (Å²) in [6.45, 7) is -5.77. The second-order valence-corrected chi connectivity index (χ2v) is 9.33. The highest BCUT2D eigenvalue weighted by Gasteiger charge is 2.39. The van der Waals surface area contributed by atoms with Crippen LogP contribution in [0.25, 0.3) is 11.0 Å². The molecule has 1 aliphatic carbocycles. The number of rotatable bonds is 4. The van der Waals surface area contributed by atoms with Crippen LogP contribution in [0.3, 0.4) is 0 Å². The van der Waals surface area contributed by atoms with E-state index in [4.69, 9.17) is 12.3 Å². The molecule has 0 unspecified atom stereocenters. The van der Waals surface area contributed by atoms with E-state index in [2.05, 4.69) is 15.3 Å². The Labute approximate surface area is 188 Å². The van der Waals surface area contributed by atoms with Gasteiger partial charge in [-0.05, 0) is 51.9 Å². The average Bonchev–Trinajstić information content (AvgIpc) is 3.20. The molecule has 0 radical (unpaired) electrons. The highest BCUT2D eigenvalue weighted by Crippen LogP contribution is 2.39. The first kappa shape index (κ1) is 12.7.